The van der Waals surface area contributed by atoms with Crippen molar-refractivity contribution in [1.29, 1.82) is 0 Å². The molecular weight excluding hydrogens is 388 g/mol. The molecule has 3 aromatic rings. The molecule has 1 fully saturated rings. The molecule has 29 heavy (non-hydrogen) atoms. The first-order valence-corrected chi connectivity index (χ1v) is 11.6. The Kier molecular flexibility index (Phi) is 5.04. The van der Waals surface area contributed by atoms with E-state index in [2.05, 4.69) is 14.9 Å². The summed E-state index contributed by atoms with van der Waals surface area (Å²) in [6.07, 6.45) is 5.13. The second-order valence-corrected chi connectivity index (χ2v) is 9.64. The standard InChI is InChI=1S/C21H24N4O3S/c1-2-3-14-15(21(22)26)4-5-17(19-16-6-8-23-18(16)7-9-24-19)20(14)25-10-12-29(27,28)13-11-25/h4-9,23H,2-3,10-13H2,1H3,(H2,22,26). The number of aromatic amines is 1. The Bertz CT molecular complexity index is 1170. The summed E-state index contributed by atoms with van der Waals surface area (Å²) in [5, 5.41) is 0.979. The number of pyridine rings is 1. The Balaban J connectivity index is 1.97. The van der Waals surface area contributed by atoms with Crippen molar-refractivity contribution in [2.24, 2.45) is 5.73 Å². The van der Waals surface area contributed by atoms with Crippen molar-refractivity contribution in [3.05, 3.63) is 47.8 Å². The third-order valence-corrected chi connectivity index (χ3v) is 7.05. The van der Waals surface area contributed by atoms with Gasteiger partial charge in [0.15, 0.2) is 9.84 Å². The fourth-order valence-corrected chi connectivity index (χ4v) is 5.26. The number of H-pyrrole nitrogens is 1. The van der Waals surface area contributed by atoms with E-state index in [4.69, 9.17) is 5.73 Å². The molecule has 0 radical (unpaired) electrons. The van der Waals surface area contributed by atoms with Crippen LogP contribution in [0.5, 0.6) is 0 Å². The van der Waals surface area contributed by atoms with Crippen molar-refractivity contribution in [3.8, 4) is 11.3 Å². The van der Waals surface area contributed by atoms with Gasteiger partial charge in [0.05, 0.1) is 22.9 Å². The minimum Gasteiger partial charge on any atom is -0.369 e. The SMILES string of the molecule is CCCc1c(C(N)=O)ccc(-c2nccc3[nH]ccc23)c1N1CCS(=O)(=O)CC1. The Morgan fingerprint density at radius 2 is 1.97 bits per heavy atom. The van der Waals surface area contributed by atoms with Gasteiger partial charge in [0.2, 0.25) is 5.91 Å². The molecule has 2 aromatic heterocycles. The smallest absolute Gasteiger partial charge is 0.249 e. The van der Waals surface area contributed by atoms with Crippen molar-refractivity contribution in [3.63, 3.8) is 0 Å². The Labute approximate surface area is 169 Å². The number of primary amides is 1. The summed E-state index contributed by atoms with van der Waals surface area (Å²) in [7, 11) is -3.03. The second-order valence-electron chi connectivity index (χ2n) is 7.34. The number of sulfone groups is 1. The number of fused-ring (bicyclic) bond motifs is 1. The minimum absolute atomic E-state index is 0.0978. The zero-order valence-electron chi connectivity index (χ0n) is 16.3. The predicted octanol–water partition coefficient (Wildman–Crippen LogP) is 2.52. The summed E-state index contributed by atoms with van der Waals surface area (Å²) < 4.78 is 24.0. The largest absolute Gasteiger partial charge is 0.369 e. The summed E-state index contributed by atoms with van der Waals surface area (Å²) in [4.78, 5) is 22.0. The second kappa shape index (κ2) is 7.51. The third-order valence-electron chi connectivity index (χ3n) is 5.44. The van der Waals surface area contributed by atoms with Gasteiger partial charge < -0.3 is 15.6 Å². The summed E-state index contributed by atoms with van der Waals surface area (Å²) in [6, 6.07) is 7.53. The molecule has 1 amide bonds. The zero-order chi connectivity index (χ0) is 20.6. The molecule has 3 heterocycles. The van der Waals surface area contributed by atoms with Gasteiger partial charge >= 0.3 is 0 Å². The Morgan fingerprint density at radius 3 is 2.66 bits per heavy atom. The van der Waals surface area contributed by atoms with Crippen LogP contribution in [0, 0.1) is 0 Å². The van der Waals surface area contributed by atoms with Gasteiger partial charge in [-0.1, -0.05) is 13.3 Å². The summed E-state index contributed by atoms with van der Waals surface area (Å²) in [5.41, 5.74) is 10.6. The van der Waals surface area contributed by atoms with Crippen LogP contribution < -0.4 is 10.6 Å². The summed E-state index contributed by atoms with van der Waals surface area (Å²) >= 11 is 0. The van der Waals surface area contributed by atoms with Gasteiger partial charge in [-0.25, -0.2) is 8.42 Å². The summed E-state index contributed by atoms with van der Waals surface area (Å²) in [6.45, 7) is 2.82. The molecule has 7 nitrogen and oxygen atoms in total. The van der Waals surface area contributed by atoms with Gasteiger partial charge in [0.25, 0.3) is 0 Å². The Hall–Kier alpha value is -2.87. The number of hydrogen-bond donors (Lipinski definition) is 2. The van der Waals surface area contributed by atoms with E-state index in [9.17, 15) is 13.2 Å². The van der Waals surface area contributed by atoms with Crippen molar-refractivity contribution >= 4 is 32.3 Å². The molecule has 1 aliphatic heterocycles. The molecule has 1 aliphatic rings. The summed E-state index contributed by atoms with van der Waals surface area (Å²) in [5.74, 6) is -0.278. The molecule has 8 heteroatoms. The lowest BCUT2D eigenvalue weighted by Gasteiger charge is -2.33. The van der Waals surface area contributed by atoms with Crippen molar-refractivity contribution in [2.75, 3.05) is 29.5 Å². The molecule has 0 aliphatic carbocycles. The highest BCUT2D eigenvalue weighted by molar-refractivity contribution is 7.91. The molecule has 0 spiro atoms. The number of nitrogens with zero attached hydrogens (tertiary/aromatic N) is 2. The van der Waals surface area contributed by atoms with E-state index in [1.54, 1.807) is 12.3 Å². The average Bonchev–Trinajstić information content (AvgIpc) is 3.17. The molecular formula is C21H24N4O3S. The molecule has 1 saturated heterocycles. The van der Waals surface area contributed by atoms with Gasteiger partial charge in [-0.15, -0.1) is 0 Å². The predicted molar refractivity (Wildman–Crippen MR) is 115 cm³/mol. The lowest BCUT2D eigenvalue weighted by Crippen LogP contribution is -2.41. The normalized spacial score (nSPS) is 16.2. The number of benzene rings is 1. The van der Waals surface area contributed by atoms with E-state index in [1.807, 2.05) is 31.3 Å². The minimum atomic E-state index is -3.03. The number of carbonyl (C=O) groups is 1. The van der Waals surface area contributed by atoms with E-state index in [-0.39, 0.29) is 11.5 Å². The molecule has 3 N–H and O–H groups in total. The van der Waals surface area contributed by atoms with Crippen molar-refractivity contribution < 1.29 is 13.2 Å². The number of anilines is 1. The van der Waals surface area contributed by atoms with E-state index < -0.39 is 15.7 Å². The molecule has 0 saturated carbocycles. The molecule has 0 unspecified atom stereocenters. The van der Waals surface area contributed by atoms with Gasteiger partial charge in [-0.05, 0) is 36.2 Å². The zero-order valence-corrected chi connectivity index (χ0v) is 17.1. The van der Waals surface area contributed by atoms with E-state index in [0.29, 0.717) is 25.1 Å². The topological polar surface area (TPSA) is 109 Å². The number of hydrogen-bond acceptors (Lipinski definition) is 5. The first kappa shape index (κ1) is 19.4. The molecule has 0 bridgehead atoms. The molecule has 0 atom stereocenters. The van der Waals surface area contributed by atoms with Crippen LogP contribution in [-0.2, 0) is 16.3 Å². The number of nitrogens with one attached hydrogen (secondary N) is 1. The number of carbonyl (C=O) groups excluding carboxylic acids is 1. The van der Waals surface area contributed by atoms with Crippen LogP contribution >= 0.6 is 0 Å². The van der Waals surface area contributed by atoms with Crippen LogP contribution in [0.3, 0.4) is 0 Å². The monoisotopic (exact) mass is 412 g/mol. The maximum absolute atomic E-state index is 12.1. The van der Waals surface area contributed by atoms with Gasteiger partial charge in [-0.2, -0.15) is 0 Å². The first-order chi connectivity index (χ1) is 13.9. The van der Waals surface area contributed by atoms with Crippen LogP contribution in [0.1, 0.15) is 29.3 Å². The first-order valence-electron chi connectivity index (χ1n) is 9.75. The van der Waals surface area contributed by atoms with Crippen LogP contribution in [-0.4, -0.2) is 48.9 Å². The quantitative estimate of drug-likeness (QED) is 0.669. The lowest BCUT2D eigenvalue weighted by atomic mass is 9.93. The highest BCUT2D eigenvalue weighted by atomic mass is 32.2. The number of nitrogens with two attached hydrogens (primary N) is 1. The van der Waals surface area contributed by atoms with Gasteiger partial charge in [0.1, 0.15) is 0 Å². The molecule has 152 valence electrons. The van der Waals surface area contributed by atoms with Gasteiger partial charge in [0, 0.05) is 47.5 Å². The van der Waals surface area contributed by atoms with Gasteiger partial charge in [-0.3, -0.25) is 9.78 Å². The fourth-order valence-electron chi connectivity index (χ4n) is 4.06. The van der Waals surface area contributed by atoms with Crippen LogP contribution in [0.2, 0.25) is 0 Å². The van der Waals surface area contributed by atoms with Crippen LogP contribution in [0.15, 0.2) is 36.7 Å². The Morgan fingerprint density at radius 1 is 1.21 bits per heavy atom. The highest BCUT2D eigenvalue weighted by Gasteiger charge is 2.28. The maximum Gasteiger partial charge on any atom is 0.249 e. The maximum atomic E-state index is 12.1. The van der Waals surface area contributed by atoms with Crippen LogP contribution in [0.4, 0.5) is 5.69 Å². The number of amides is 1. The van der Waals surface area contributed by atoms with E-state index in [1.165, 1.54) is 0 Å². The molecule has 1 aromatic carbocycles. The number of rotatable bonds is 5. The van der Waals surface area contributed by atoms with Crippen molar-refractivity contribution in [2.45, 2.75) is 19.8 Å². The molecule has 4 rings (SSSR count). The van der Waals surface area contributed by atoms with E-state index >= 15 is 0 Å². The highest BCUT2D eigenvalue weighted by Crippen LogP contribution is 2.39. The fraction of sp³-hybridized carbons (Fsp3) is 0.333. The average molecular weight is 413 g/mol. The van der Waals surface area contributed by atoms with Crippen molar-refractivity contribution in [1.82, 2.24) is 9.97 Å². The number of aromatic nitrogens is 2. The van der Waals surface area contributed by atoms with E-state index in [0.717, 1.165) is 39.8 Å². The lowest BCUT2D eigenvalue weighted by molar-refractivity contribution is 0.0999. The third kappa shape index (κ3) is 3.60. The van der Waals surface area contributed by atoms with Crippen LogP contribution in [0.25, 0.3) is 22.2 Å².